The first kappa shape index (κ1) is 56.8. The van der Waals surface area contributed by atoms with Crippen molar-refractivity contribution < 1.29 is 38.4 Å². The van der Waals surface area contributed by atoms with Crippen LogP contribution in [0.3, 0.4) is 0 Å². The van der Waals surface area contributed by atoms with Gasteiger partial charge in [-0.15, -0.1) is 11.3 Å². The Hall–Kier alpha value is -7.46. The molecule has 0 saturated carbocycles. The van der Waals surface area contributed by atoms with E-state index in [0.717, 1.165) is 29.3 Å². The number of nitrogens with zero attached hydrogens (tertiary/aromatic N) is 3. The average molecular weight is 1050 g/mol. The van der Waals surface area contributed by atoms with Crippen LogP contribution in [0.25, 0.3) is 10.9 Å². The molecule has 0 spiro atoms. The number of nitrogens with two attached hydrogens (primary N) is 1. The number of rotatable bonds is 28. The molecule has 402 valence electrons. The lowest BCUT2D eigenvalue weighted by Crippen LogP contribution is -2.60. The Balaban J connectivity index is 1.10. The number of nitrogens with one attached hydrogen (secondary N) is 9. The van der Waals surface area contributed by atoms with Crippen LogP contribution in [0, 0.1) is 5.92 Å². The fraction of sp³-hybridized carbons (Fsp3) is 0.472. The summed E-state index contributed by atoms with van der Waals surface area (Å²) < 4.78 is 0. The van der Waals surface area contributed by atoms with E-state index in [-0.39, 0.29) is 43.5 Å². The molecule has 0 bridgehead atoms. The third kappa shape index (κ3) is 16.5. The molecule has 8 atom stereocenters. The maximum atomic E-state index is 14.3. The molecule has 6 rings (SSSR count). The van der Waals surface area contributed by atoms with Crippen molar-refractivity contribution in [1.82, 2.24) is 62.1 Å². The largest absolute Gasteiger partial charge is 0.368 e. The fourth-order valence-corrected chi connectivity index (χ4v) is 9.70. The Morgan fingerprint density at radius 2 is 1.44 bits per heavy atom. The molecular formula is C53H71N13O8S. The zero-order valence-electron chi connectivity index (χ0n) is 43.2. The topological polar surface area (TPSA) is 307 Å². The van der Waals surface area contributed by atoms with E-state index in [2.05, 4.69) is 57.2 Å². The van der Waals surface area contributed by atoms with E-state index in [0.29, 0.717) is 48.6 Å². The van der Waals surface area contributed by atoms with Crippen molar-refractivity contribution in [3.05, 3.63) is 107 Å². The van der Waals surface area contributed by atoms with Gasteiger partial charge in [0.25, 0.3) is 0 Å². The van der Waals surface area contributed by atoms with Crippen molar-refractivity contribution in [2.45, 2.75) is 141 Å². The van der Waals surface area contributed by atoms with Gasteiger partial charge < -0.3 is 57.8 Å². The number of hydrogen-bond donors (Lipinski definition) is 10. The molecule has 4 heterocycles. The third-order valence-electron chi connectivity index (χ3n) is 13.3. The monoisotopic (exact) mass is 1050 g/mol. The Kier molecular flexibility index (Phi) is 21.0. The number of aryl methyl sites for hydroxylation is 1. The average Bonchev–Trinajstić information content (AvgIpc) is 4.25. The van der Waals surface area contributed by atoms with Crippen LogP contribution in [-0.4, -0.2) is 134 Å². The van der Waals surface area contributed by atoms with Crippen molar-refractivity contribution >= 4 is 69.5 Å². The maximum Gasteiger partial charge on any atom is 0.245 e. The van der Waals surface area contributed by atoms with Gasteiger partial charge in [-0.25, -0.2) is 9.97 Å². The number of primary amides is 1. The number of imidazole rings is 1. The SMILES string of the molecule is CCC[C@H](NC[C@H]1CCCN1C(=O)[C@H](Cc1nccs1)NC(=O)[C@@H](C)NC(=O)[C@@H](NC(=O)[C@H](C)NC(=O)[C@H](Cc1c[nH]c2ccccc12)NC(=O)[C@H](Cc1cnc[nH]1)NC(=O)CCc1ccccc1)C(C)C)C(N)=O. The van der Waals surface area contributed by atoms with Gasteiger partial charge in [0.1, 0.15) is 36.3 Å². The zero-order chi connectivity index (χ0) is 54.0. The van der Waals surface area contributed by atoms with Crippen LogP contribution in [0.4, 0.5) is 0 Å². The molecule has 0 aliphatic carbocycles. The molecule has 0 radical (unpaired) electrons. The van der Waals surface area contributed by atoms with Gasteiger partial charge in [0.05, 0.1) is 17.4 Å². The first-order valence-electron chi connectivity index (χ1n) is 25.6. The molecule has 3 aromatic heterocycles. The highest BCUT2D eigenvalue weighted by molar-refractivity contribution is 7.09. The number of aromatic nitrogens is 4. The summed E-state index contributed by atoms with van der Waals surface area (Å²) in [5.74, 6) is -5.01. The zero-order valence-corrected chi connectivity index (χ0v) is 44.0. The van der Waals surface area contributed by atoms with Crippen LogP contribution in [0.1, 0.15) is 88.6 Å². The molecule has 1 saturated heterocycles. The van der Waals surface area contributed by atoms with Gasteiger partial charge in [0.15, 0.2) is 0 Å². The lowest BCUT2D eigenvalue weighted by Gasteiger charge is -2.31. The number of carbonyl (C=O) groups excluding carboxylic acids is 8. The van der Waals surface area contributed by atoms with E-state index in [9.17, 15) is 38.4 Å². The van der Waals surface area contributed by atoms with Crippen LogP contribution < -0.4 is 43.0 Å². The van der Waals surface area contributed by atoms with E-state index in [4.69, 9.17) is 5.73 Å². The fourth-order valence-electron chi connectivity index (χ4n) is 9.03. The summed E-state index contributed by atoms with van der Waals surface area (Å²) in [6, 6.07) is 9.27. The Labute approximate surface area is 440 Å². The van der Waals surface area contributed by atoms with E-state index in [1.54, 1.807) is 42.7 Å². The number of carbonyl (C=O) groups is 8. The second kappa shape index (κ2) is 27.7. The molecule has 11 N–H and O–H groups in total. The van der Waals surface area contributed by atoms with Crippen molar-refractivity contribution in [2.75, 3.05) is 13.1 Å². The summed E-state index contributed by atoms with van der Waals surface area (Å²) >= 11 is 1.34. The molecule has 0 unspecified atom stereocenters. The maximum absolute atomic E-state index is 14.3. The predicted octanol–water partition coefficient (Wildman–Crippen LogP) is 1.85. The van der Waals surface area contributed by atoms with Crippen molar-refractivity contribution in [3.8, 4) is 0 Å². The minimum Gasteiger partial charge on any atom is -0.368 e. The number of benzene rings is 2. The van der Waals surface area contributed by atoms with Gasteiger partial charge in [-0.2, -0.15) is 0 Å². The predicted molar refractivity (Wildman–Crippen MR) is 283 cm³/mol. The van der Waals surface area contributed by atoms with Crippen LogP contribution >= 0.6 is 11.3 Å². The summed E-state index contributed by atoms with van der Waals surface area (Å²) in [5, 5.41) is 23.1. The third-order valence-corrected chi connectivity index (χ3v) is 14.1. The van der Waals surface area contributed by atoms with Gasteiger partial charge in [-0.1, -0.05) is 75.7 Å². The van der Waals surface area contributed by atoms with Crippen LogP contribution in [0.2, 0.25) is 0 Å². The van der Waals surface area contributed by atoms with Crippen LogP contribution in [-0.2, 0) is 64.0 Å². The first-order valence-corrected chi connectivity index (χ1v) is 26.5. The standard InChI is InChI=1S/C53H71N13O8S/c1-6-13-40(47(54)68)58-29-37-16-12-22-66(37)53(74)43(26-45-56-21-23-75-45)64-48(69)32(4)61-52(73)46(31(2)3)65-49(70)33(5)60-50(71)41(24-35-27-57-39-18-11-10-17-38(35)39)63-51(72)42(25-36-28-55-30-59-36)62-44(67)20-19-34-14-8-7-9-15-34/h7-11,14-15,17-18,21,23,27-28,30-33,37,40-43,46,57-58H,6,12-13,16,19-20,22,24-26,29H2,1-5H3,(H2,54,68)(H,55,59)(H,60,71)(H,61,73)(H,62,67)(H,63,72)(H,64,69)(H,65,70)/t32-,33+,37-,40+,41+,42+,43+,46+/m1/s1. The summed E-state index contributed by atoms with van der Waals surface area (Å²) in [7, 11) is 0. The van der Waals surface area contributed by atoms with Crippen molar-refractivity contribution in [1.29, 1.82) is 0 Å². The number of aromatic amines is 2. The summed E-state index contributed by atoms with van der Waals surface area (Å²) in [6.07, 6.45) is 9.81. The summed E-state index contributed by atoms with van der Waals surface area (Å²) in [5.41, 5.74) is 8.67. The smallest absolute Gasteiger partial charge is 0.245 e. The Morgan fingerprint density at radius 3 is 2.12 bits per heavy atom. The molecular weight excluding hydrogens is 979 g/mol. The molecule has 22 heteroatoms. The van der Waals surface area contributed by atoms with Crippen LogP contribution in [0.15, 0.2) is 84.9 Å². The Morgan fingerprint density at radius 1 is 0.760 bits per heavy atom. The van der Waals surface area contributed by atoms with Crippen molar-refractivity contribution in [3.63, 3.8) is 0 Å². The highest BCUT2D eigenvalue weighted by atomic mass is 32.1. The van der Waals surface area contributed by atoms with E-state index >= 15 is 0 Å². The minimum absolute atomic E-state index is 0.00811. The quantitative estimate of drug-likeness (QED) is 0.0345. The number of thiazole rings is 1. The molecule has 21 nitrogen and oxygen atoms in total. The van der Waals surface area contributed by atoms with Crippen LogP contribution in [0.5, 0.6) is 0 Å². The molecule has 2 aromatic carbocycles. The second-order valence-corrected chi connectivity index (χ2v) is 20.4. The number of likely N-dealkylation sites (tertiary alicyclic amines) is 1. The lowest BCUT2D eigenvalue weighted by molar-refractivity contribution is -0.138. The number of para-hydroxylation sites is 1. The normalized spacial score (nSPS) is 16.2. The first-order chi connectivity index (χ1) is 36.0. The molecule has 1 aliphatic heterocycles. The van der Waals surface area contributed by atoms with Gasteiger partial charge >= 0.3 is 0 Å². The van der Waals surface area contributed by atoms with Gasteiger partial charge in [-0.05, 0) is 62.6 Å². The van der Waals surface area contributed by atoms with Gasteiger partial charge in [-0.3, -0.25) is 38.4 Å². The van der Waals surface area contributed by atoms with E-state index in [1.807, 2.05) is 61.5 Å². The van der Waals surface area contributed by atoms with Gasteiger partial charge in [0.2, 0.25) is 47.3 Å². The molecule has 8 amide bonds. The van der Waals surface area contributed by atoms with E-state index < -0.39 is 83.7 Å². The highest BCUT2D eigenvalue weighted by Crippen LogP contribution is 2.22. The van der Waals surface area contributed by atoms with Gasteiger partial charge in [0, 0.05) is 85.4 Å². The number of fused-ring (bicyclic) bond motifs is 1. The second-order valence-electron chi connectivity index (χ2n) is 19.4. The number of hydrogen-bond acceptors (Lipinski definition) is 12. The number of amides is 8. The number of H-pyrrole nitrogens is 2. The minimum atomic E-state index is -1.24. The molecule has 5 aromatic rings. The molecule has 1 fully saturated rings. The van der Waals surface area contributed by atoms with E-state index in [1.165, 1.54) is 31.5 Å². The lowest BCUT2D eigenvalue weighted by atomic mass is 10.0. The summed E-state index contributed by atoms with van der Waals surface area (Å²) in [4.78, 5) is 126. The highest BCUT2D eigenvalue weighted by Gasteiger charge is 2.37. The molecule has 75 heavy (non-hydrogen) atoms. The van der Waals surface area contributed by atoms with Crippen molar-refractivity contribution in [2.24, 2.45) is 11.7 Å². The Bertz CT molecular complexity index is 2700. The summed E-state index contributed by atoms with van der Waals surface area (Å²) in [6.45, 7) is 9.09. The molecule has 1 aliphatic rings.